The van der Waals surface area contributed by atoms with Crippen molar-refractivity contribution in [1.29, 1.82) is 0 Å². The standard InChI is InChI=1S/C29H27NO6/c1-4-35-22-11-8-10-20(17-22)26(31)24-25(23-12-7-6-9-18(23)3)30(28(33)27(24)32)21-15-13-19(14-16-21)29(34)36-5-2/h6-17,25,31H,4-5H2,1-3H3/b26-24+. The molecule has 1 aliphatic rings. The van der Waals surface area contributed by atoms with Gasteiger partial charge in [0.15, 0.2) is 0 Å². The minimum atomic E-state index is -0.865. The zero-order valence-electron chi connectivity index (χ0n) is 20.4. The topological polar surface area (TPSA) is 93.1 Å². The van der Waals surface area contributed by atoms with Crippen LogP contribution in [-0.4, -0.2) is 36.0 Å². The number of amides is 1. The summed E-state index contributed by atoms with van der Waals surface area (Å²) in [7, 11) is 0. The highest BCUT2D eigenvalue weighted by atomic mass is 16.5. The molecule has 3 aromatic rings. The Hall–Kier alpha value is -4.39. The smallest absolute Gasteiger partial charge is 0.338 e. The lowest BCUT2D eigenvalue weighted by molar-refractivity contribution is -0.132. The minimum Gasteiger partial charge on any atom is -0.507 e. The van der Waals surface area contributed by atoms with Crippen LogP contribution >= 0.6 is 0 Å². The summed E-state index contributed by atoms with van der Waals surface area (Å²) in [5.74, 6) is -1.78. The normalized spacial score (nSPS) is 16.8. The third-order valence-electron chi connectivity index (χ3n) is 6.00. The number of rotatable bonds is 7. The fourth-order valence-corrected chi connectivity index (χ4v) is 4.31. The quantitative estimate of drug-likeness (QED) is 0.214. The Labute approximate surface area is 209 Å². The van der Waals surface area contributed by atoms with Crippen molar-refractivity contribution in [2.24, 2.45) is 0 Å². The fraction of sp³-hybridized carbons (Fsp3) is 0.207. The van der Waals surface area contributed by atoms with Gasteiger partial charge in [-0.1, -0.05) is 36.4 Å². The summed E-state index contributed by atoms with van der Waals surface area (Å²) in [6, 6.07) is 19.6. The Balaban J connectivity index is 1.87. The molecule has 36 heavy (non-hydrogen) atoms. The van der Waals surface area contributed by atoms with Crippen molar-refractivity contribution in [2.75, 3.05) is 18.1 Å². The zero-order chi connectivity index (χ0) is 25.8. The first-order chi connectivity index (χ1) is 17.4. The van der Waals surface area contributed by atoms with Gasteiger partial charge in [0.25, 0.3) is 11.7 Å². The van der Waals surface area contributed by atoms with Gasteiger partial charge < -0.3 is 14.6 Å². The molecule has 1 heterocycles. The van der Waals surface area contributed by atoms with Gasteiger partial charge in [-0.25, -0.2) is 4.79 Å². The van der Waals surface area contributed by atoms with Crippen LogP contribution in [0.1, 0.15) is 46.9 Å². The second kappa shape index (κ2) is 10.5. The molecule has 0 saturated carbocycles. The number of anilines is 1. The lowest BCUT2D eigenvalue weighted by Gasteiger charge is -2.26. The van der Waals surface area contributed by atoms with Crippen LogP contribution < -0.4 is 9.64 Å². The number of carbonyl (C=O) groups excluding carboxylic acids is 3. The molecule has 4 rings (SSSR count). The van der Waals surface area contributed by atoms with Crippen LogP contribution in [0, 0.1) is 6.92 Å². The minimum absolute atomic E-state index is 0.0163. The number of carbonyl (C=O) groups is 3. The summed E-state index contributed by atoms with van der Waals surface area (Å²) < 4.78 is 10.6. The third kappa shape index (κ3) is 4.60. The van der Waals surface area contributed by atoms with E-state index < -0.39 is 23.7 Å². The molecule has 184 valence electrons. The highest BCUT2D eigenvalue weighted by molar-refractivity contribution is 6.51. The first kappa shape index (κ1) is 24.7. The summed E-state index contributed by atoms with van der Waals surface area (Å²) in [5.41, 5.74) is 2.66. The Morgan fingerprint density at radius 3 is 2.31 bits per heavy atom. The number of hydrogen-bond acceptors (Lipinski definition) is 6. The van der Waals surface area contributed by atoms with E-state index in [0.717, 1.165) is 5.56 Å². The van der Waals surface area contributed by atoms with Crippen LogP contribution in [0.3, 0.4) is 0 Å². The first-order valence-corrected chi connectivity index (χ1v) is 11.7. The van der Waals surface area contributed by atoms with Crippen LogP contribution in [-0.2, 0) is 14.3 Å². The van der Waals surface area contributed by atoms with Crippen LogP contribution in [0.5, 0.6) is 5.75 Å². The van der Waals surface area contributed by atoms with Crippen molar-refractivity contribution in [3.8, 4) is 5.75 Å². The number of ether oxygens (including phenoxy) is 2. The van der Waals surface area contributed by atoms with Gasteiger partial charge in [-0.3, -0.25) is 14.5 Å². The van der Waals surface area contributed by atoms with Crippen LogP contribution in [0.25, 0.3) is 5.76 Å². The predicted molar refractivity (Wildman–Crippen MR) is 136 cm³/mol. The molecule has 1 N–H and O–H groups in total. The molecule has 1 saturated heterocycles. The van der Waals surface area contributed by atoms with Gasteiger partial charge in [-0.05, 0) is 68.3 Å². The second-order valence-corrected chi connectivity index (χ2v) is 8.25. The fourth-order valence-electron chi connectivity index (χ4n) is 4.31. The SMILES string of the molecule is CCOC(=O)c1ccc(N2C(=O)C(=O)/C(=C(/O)c3cccc(OCC)c3)C2c2ccccc2C)cc1. The summed E-state index contributed by atoms with van der Waals surface area (Å²) >= 11 is 0. The Bertz CT molecular complexity index is 1340. The second-order valence-electron chi connectivity index (χ2n) is 8.25. The highest BCUT2D eigenvalue weighted by Gasteiger charge is 2.47. The Morgan fingerprint density at radius 1 is 0.917 bits per heavy atom. The first-order valence-electron chi connectivity index (χ1n) is 11.7. The highest BCUT2D eigenvalue weighted by Crippen LogP contribution is 2.43. The molecule has 1 fully saturated rings. The van der Waals surface area contributed by atoms with Gasteiger partial charge in [0.2, 0.25) is 0 Å². The summed E-state index contributed by atoms with van der Waals surface area (Å²) in [6.07, 6.45) is 0. The average molecular weight is 486 g/mol. The van der Waals surface area contributed by atoms with Gasteiger partial charge in [0.1, 0.15) is 11.5 Å². The van der Waals surface area contributed by atoms with Gasteiger partial charge in [-0.15, -0.1) is 0 Å². The number of aryl methyl sites for hydroxylation is 1. The van der Waals surface area contributed by atoms with E-state index in [2.05, 4.69) is 0 Å². The number of aliphatic hydroxyl groups is 1. The summed E-state index contributed by atoms with van der Waals surface area (Å²) in [5, 5.41) is 11.3. The molecule has 0 radical (unpaired) electrons. The van der Waals surface area contributed by atoms with Crippen molar-refractivity contribution in [2.45, 2.75) is 26.8 Å². The van der Waals surface area contributed by atoms with E-state index in [0.29, 0.717) is 34.7 Å². The largest absolute Gasteiger partial charge is 0.507 e. The molecule has 1 atom stereocenters. The summed E-state index contributed by atoms with van der Waals surface area (Å²) in [4.78, 5) is 40.2. The lowest BCUT2D eigenvalue weighted by atomic mass is 9.92. The monoisotopic (exact) mass is 485 g/mol. The van der Waals surface area contributed by atoms with E-state index in [-0.39, 0.29) is 17.9 Å². The molecule has 7 heteroatoms. The molecular formula is C29H27NO6. The number of esters is 1. The van der Waals surface area contributed by atoms with E-state index in [1.165, 1.54) is 4.90 Å². The zero-order valence-corrected chi connectivity index (χ0v) is 20.4. The van der Waals surface area contributed by atoms with Crippen LogP contribution in [0.2, 0.25) is 0 Å². The number of benzene rings is 3. The number of Topliss-reactive ketones (excluding diaryl/α,β-unsaturated/α-hetero) is 1. The maximum atomic E-state index is 13.4. The van der Waals surface area contributed by atoms with E-state index in [9.17, 15) is 19.5 Å². The third-order valence-corrected chi connectivity index (χ3v) is 6.00. The molecule has 0 bridgehead atoms. The van der Waals surface area contributed by atoms with Crippen molar-refractivity contribution in [3.05, 3.63) is 101 Å². The van der Waals surface area contributed by atoms with Gasteiger partial charge in [0.05, 0.1) is 30.4 Å². The molecule has 1 amide bonds. The molecular weight excluding hydrogens is 458 g/mol. The van der Waals surface area contributed by atoms with Gasteiger partial charge in [-0.2, -0.15) is 0 Å². The number of aliphatic hydroxyl groups excluding tert-OH is 1. The van der Waals surface area contributed by atoms with E-state index in [4.69, 9.17) is 9.47 Å². The van der Waals surface area contributed by atoms with Crippen molar-refractivity contribution >= 4 is 29.1 Å². The molecule has 0 aliphatic carbocycles. The molecule has 0 aromatic heterocycles. The van der Waals surface area contributed by atoms with Crippen molar-refractivity contribution < 1.29 is 29.0 Å². The van der Waals surface area contributed by atoms with Gasteiger partial charge >= 0.3 is 5.97 Å². The lowest BCUT2D eigenvalue weighted by Crippen LogP contribution is -2.29. The number of nitrogens with zero attached hydrogens (tertiary/aromatic N) is 1. The molecule has 0 spiro atoms. The van der Waals surface area contributed by atoms with Crippen LogP contribution in [0.15, 0.2) is 78.4 Å². The van der Waals surface area contributed by atoms with Crippen molar-refractivity contribution in [3.63, 3.8) is 0 Å². The molecule has 7 nitrogen and oxygen atoms in total. The Kier molecular flexibility index (Phi) is 7.20. The van der Waals surface area contributed by atoms with E-state index >= 15 is 0 Å². The van der Waals surface area contributed by atoms with Crippen LogP contribution in [0.4, 0.5) is 5.69 Å². The maximum Gasteiger partial charge on any atom is 0.338 e. The van der Waals surface area contributed by atoms with E-state index in [1.54, 1.807) is 55.5 Å². The predicted octanol–water partition coefficient (Wildman–Crippen LogP) is 5.20. The maximum absolute atomic E-state index is 13.4. The number of hydrogen-bond donors (Lipinski definition) is 1. The molecule has 1 aliphatic heterocycles. The van der Waals surface area contributed by atoms with Crippen molar-refractivity contribution in [1.82, 2.24) is 0 Å². The average Bonchev–Trinajstić information content (AvgIpc) is 3.14. The molecule has 3 aromatic carbocycles. The van der Waals surface area contributed by atoms with Gasteiger partial charge in [0, 0.05) is 11.3 Å². The molecule has 1 unspecified atom stereocenters. The number of ketones is 1. The Morgan fingerprint density at radius 2 is 1.64 bits per heavy atom. The van der Waals surface area contributed by atoms with E-state index in [1.807, 2.05) is 38.1 Å². The summed E-state index contributed by atoms with van der Waals surface area (Å²) in [6.45, 7) is 6.14.